The fourth-order valence-corrected chi connectivity index (χ4v) is 1.68. The van der Waals surface area contributed by atoms with Crippen molar-refractivity contribution in [2.45, 2.75) is 19.8 Å². The van der Waals surface area contributed by atoms with E-state index in [0.29, 0.717) is 5.92 Å². The fraction of sp³-hybridized carbons (Fsp3) is 0.333. The lowest BCUT2D eigenvalue weighted by molar-refractivity contribution is 0.833. The van der Waals surface area contributed by atoms with Gasteiger partial charge in [-0.1, -0.05) is 13.8 Å². The van der Waals surface area contributed by atoms with Crippen molar-refractivity contribution in [3.8, 4) is 0 Å². The number of nitrogens with one attached hydrogen (secondary N) is 1. The minimum Gasteiger partial charge on any atom is -0.342 e. The zero-order chi connectivity index (χ0) is 9.42. The second-order valence-corrected chi connectivity index (χ2v) is 4.46. The third kappa shape index (κ3) is 1.67. The van der Waals surface area contributed by atoms with Gasteiger partial charge in [0.2, 0.25) is 0 Å². The molecule has 0 aromatic carbocycles. The van der Waals surface area contributed by atoms with E-state index >= 15 is 0 Å². The van der Waals surface area contributed by atoms with Gasteiger partial charge in [-0.2, -0.15) is 0 Å². The van der Waals surface area contributed by atoms with Crippen LogP contribution < -0.4 is 0 Å². The van der Waals surface area contributed by atoms with Crippen molar-refractivity contribution in [1.29, 1.82) is 0 Å². The Morgan fingerprint density at radius 2 is 2.08 bits per heavy atom. The van der Waals surface area contributed by atoms with E-state index < -0.39 is 0 Å². The van der Waals surface area contributed by atoms with Crippen LogP contribution in [-0.2, 0) is 0 Å². The molecule has 2 heterocycles. The van der Waals surface area contributed by atoms with Crippen molar-refractivity contribution in [1.82, 2.24) is 15.2 Å². The molecule has 68 valence electrons. The Morgan fingerprint density at radius 3 is 2.77 bits per heavy atom. The van der Waals surface area contributed by atoms with Gasteiger partial charge in [-0.3, -0.25) is 0 Å². The molecule has 2 aromatic heterocycles. The van der Waals surface area contributed by atoms with Crippen LogP contribution in [0, 0.1) is 3.70 Å². The van der Waals surface area contributed by atoms with E-state index in [4.69, 9.17) is 0 Å². The summed E-state index contributed by atoms with van der Waals surface area (Å²) in [4.78, 5) is 3.25. The van der Waals surface area contributed by atoms with E-state index in [1.165, 1.54) is 5.69 Å². The molecule has 0 bridgehead atoms. The lowest BCUT2D eigenvalue weighted by Crippen LogP contribution is -1.87. The Hall–Kier alpha value is -0.650. The molecule has 3 nitrogen and oxygen atoms in total. The molecule has 4 heteroatoms. The zero-order valence-corrected chi connectivity index (χ0v) is 9.66. The molecule has 0 aliphatic carbocycles. The Balaban J connectivity index is 2.62. The van der Waals surface area contributed by atoms with Gasteiger partial charge in [0, 0.05) is 11.1 Å². The monoisotopic (exact) mass is 287 g/mol. The summed E-state index contributed by atoms with van der Waals surface area (Å²) < 4.78 is 0.930. The summed E-state index contributed by atoms with van der Waals surface area (Å²) in [5.41, 5.74) is 2.09. The van der Waals surface area contributed by atoms with Crippen LogP contribution in [0.1, 0.15) is 25.5 Å². The first-order valence-corrected chi connectivity index (χ1v) is 5.26. The van der Waals surface area contributed by atoms with E-state index in [1.807, 2.05) is 6.07 Å². The van der Waals surface area contributed by atoms with Gasteiger partial charge in [-0.25, -0.2) is 0 Å². The first-order chi connectivity index (χ1) is 6.16. The van der Waals surface area contributed by atoms with E-state index in [9.17, 15) is 0 Å². The third-order valence-electron chi connectivity index (χ3n) is 1.99. The summed E-state index contributed by atoms with van der Waals surface area (Å²) >= 11 is 2.17. The van der Waals surface area contributed by atoms with E-state index in [0.717, 1.165) is 14.7 Å². The molecule has 1 N–H and O–H groups in total. The molecular weight excluding hydrogens is 277 g/mol. The summed E-state index contributed by atoms with van der Waals surface area (Å²) in [5, 5.41) is 9.20. The number of halogens is 1. The number of fused-ring (bicyclic) bond motifs is 1. The van der Waals surface area contributed by atoms with E-state index in [1.54, 1.807) is 0 Å². The first kappa shape index (κ1) is 8.93. The van der Waals surface area contributed by atoms with Crippen LogP contribution in [0.15, 0.2) is 12.1 Å². The van der Waals surface area contributed by atoms with Gasteiger partial charge in [0.05, 0.1) is 0 Å². The molecule has 0 aliphatic heterocycles. The number of aromatic amines is 1. The van der Waals surface area contributed by atoms with Crippen LogP contribution in [0.3, 0.4) is 0 Å². The summed E-state index contributed by atoms with van der Waals surface area (Å²) in [6, 6.07) is 4.17. The molecule has 2 rings (SSSR count). The number of aromatic nitrogens is 3. The van der Waals surface area contributed by atoms with Crippen molar-refractivity contribution >= 4 is 33.6 Å². The maximum Gasteiger partial charge on any atom is 0.160 e. The number of hydrogen-bond acceptors (Lipinski definition) is 2. The van der Waals surface area contributed by atoms with Gasteiger partial charge in [-0.15, -0.1) is 10.2 Å². The molecule has 13 heavy (non-hydrogen) atoms. The molecule has 2 aromatic rings. The maximum atomic E-state index is 4.07. The third-order valence-corrected chi connectivity index (χ3v) is 2.52. The average Bonchev–Trinajstić information content (AvgIpc) is 2.46. The van der Waals surface area contributed by atoms with Crippen LogP contribution in [0.4, 0.5) is 0 Å². The van der Waals surface area contributed by atoms with Crippen LogP contribution in [0.25, 0.3) is 11.0 Å². The molecule has 0 amide bonds. The molecule has 0 unspecified atom stereocenters. The lowest BCUT2D eigenvalue weighted by Gasteiger charge is -1.97. The minimum atomic E-state index is 0.506. The molecule has 0 saturated heterocycles. The first-order valence-electron chi connectivity index (χ1n) is 4.18. The summed E-state index contributed by atoms with van der Waals surface area (Å²) in [6.07, 6.45) is 0. The second-order valence-electron chi connectivity index (χ2n) is 3.35. The van der Waals surface area contributed by atoms with Crippen LogP contribution in [0.5, 0.6) is 0 Å². The second kappa shape index (κ2) is 3.25. The number of hydrogen-bond donors (Lipinski definition) is 1. The van der Waals surface area contributed by atoms with Gasteiger partial charge in [0.25, 0.3) is 0 Å². The largest absolute Gasteiger partial charge is 0.342 e. The maximum absolute atomic E-state index is 4.07. The van der Waals surface area contributed by atoms with Crippen LogP contribution in [0.2, 0.25) is 0 Å². The van der Waals surface area contributed by atoms with E-state index in [2.05, 4.69) is 57.7 Å². The van der Waals surface area contributed by atoms with Crippen molar-refractivity contribution in [3.05, 3.63) is 21.5 Å². The molecule has 0 fully saturated rings. The highest BCUT2D eigenvalue weighted by Crippen LogP contribution is 2.19. The number of H-pyrrole nitrogens is 1. The quantitative estimate of drug-likeness (QED) is 0.819. The van der Waals surface area contributed by atoms with Gasteiger partial charge in [-0.05, 0) is 40.6 Å². The number of rotatable bonds is 1. The Kier molecular flexibility index (Phi) is 2.23. The topological polar surface area (TPSA) is 41.6 Å². The van der Waals surface area contributed by atoms with Gasteiger partial charge < -0.3 is 4.98 Å². The zero-order valence-electron chi connectivity index (χ0n) is 7.50. The highest BCUT2D eigenvalue weighted by Gasteiger charge is 2.05. The number of nitrogens with zero attached hydrogens (tertiary/aromatic N) is 2. The van der Waals surface area contributed by atoms with Crippen molar-refractivity contribution < 1.29 is 0 Å². The highest BCUT2D eigenvalue weighted by molar-refractivity contribution is 14.1. The van der Waals surface area contributed by atoms with E-state index in [-0.39, 0.29) is 0 Å². The van der Waals surface area contributed by atoms with Crippen LogP contribution >= 0.6 is 22.6 Å². The Morgan fingerprint density at radius 1 is 1.31 bits per heavy atom. The molecular formula is C9H10IN3. The predicted molar refractivity (Wildman–Crippen MR) is 60.7 cm³/mol. The fourth-order valence-electron chi connectivity index (χ4n) is 1.24. The summed E-state index contributed by atoms with van der Waals surface area (Å²) in [7, 11) is 0. The van der Waals surface area contributed by atoms with Gasteiger partial charge in [0.15, 0.2) is 5.65 Å². The standard InChI is InChI=1S/C9H10IN3/c1-5(2)7-3-6-4-8(10)12-13-9(6)11-7/h3-5H,1-2H3,(H,11,13). The molecule has 0 atom stereocenters. The Bertz CT molecular complexity index is 433. The molecule has 0 spiro atoms. The molecule has 0 aliphatic rings. The van der Waals surface area contributed by atoms with Gasteiger partial charge in [0.1, 0.15) is 3.70 Å². The minimum absolute atomic E-state index is 0.506. The average molecular weight is 287 g/mol. The summed E-state index contributed by atoms with van der Waals surface area (Å²) in [5.74, 6) is 0.506. The van der Waals surface area contributed by atoms with Crippen molar-refractivity contribution in [3.63, 3.8) is 0 Å². The summed E-state index contributed by atoms with van der Waals surface area (Å²) in [6.45, 7) is 4.31. The SMILES string of the molecule is CC(C)c1cc2cc(I)nnc2[nH]1. The lowest BCUT2D eigenvalue weighted by atomic mass is 10.1. The molecule has 0 saturated carbocycles. The van der Waals surface area contributed by atoms with Crippen LogP contribution in [-0.4, -0.2) is 15.2 Å². The Labute approximate surface area is 90.1 Å². The molecule has 0 radical (unpaired) electrons. The van der Waals surface area contributed by atoms with Crippen molar-refractivity contribution in [2.75, 3.05) is 0 Å². The van der Waals surface area contributed by atoms with Gasteiger partial charge >= 0.3 is 0 Å². The predicted octanol–water partition coefficient (Wildman–Crippen LogP) is 2.69. The highest BCUT2D eigenvalue weighted by atomic mass is 127. The normalized spacial score (nSPS) is 11.4. The van der Waals surface area contributed by atoms with Crippen molar-refractivity contribution in [2.24, 2.45) is 0 Å². The smallest absolute Gasteiger partial charge is 0.160 e.